The van der Waals surface area contributed by atoms with E-state index in [1.165, 1.54) is 44.2 Å². The third-order valence-corrected chi connectivity index (χ3v) is 4.62. The zero-order valence-electron chi connectivity index (χ0n) is 12.0. The average Bonchev–Trinajstić information content (AvgIpc) is 2.77. The van der Waals surface area contributed by atoms with Gasteiger partial charge in [-0.15, -0.1) is 0 Å². The Kier molecular flexibility index (Phi) is 3.64. The van der Waals surface area contributed by atoms with Crippen LogP contribution in [0.4, 0.5) is 10.3 Å². The molecule has 1 unspecified atom stereocenters. The minimum absolute atomic E-state index is 0.257. The normalized spacial score (nSPS) is 18.5. The van der Waals surface area contributed by atoms with Gasteiger partial charge in [0.2, 0.25) is 5.95 Å². The van der Waals surface area contributed by atoms with Crippen molar-refractivity contribution < 1.29 is 4.39 Å². The second-order valence-electron chi connectivity index (χ2n) is 5.85. The topological polar surface area (TPSA) is 43.8 Å². The maximum absolute atomic E-state index is 13.3. The second-order valence-corrected chi connectivity index (χ2v) is 5.85. The van der Waals surface area contributed by atoms with Crippen molar-refractivity contribution in [1.29, 1.82) is 0 Å². The molecule has 0 bridgehead atoms. The zero-order chi connectivity index (χ0) is 14.1. The van der Waals surface area contributed by atoms with Gasteiger partial charge in [0.15, 0.2) is 0 Å². The van der Waals surface area contributed by atoms with E-state index in [1.807, 2.05) is 0 Å². The van der Waals surface area contributed by atoms with E-state index in [2.05, 4.69) is 16.5 Å². The highest BCUT2D eigenvalue weighted by molar-refractivity contribution is 5.78. The Morgan fingerprint density at radius 2 is 2.10 bits per heavy atom. The van der Waals surface area contributed by atoms with Crippen LogP contribution in [-0.2, 0) is 0 Å². The number of nitrogen functional groups attached to an aromatic ring is 1. The number of fused-ring (bicyclic) bond motifs is 1. The molecule has 0 amide bonds. The summed E-state index contributed by atoms with van der Waals surface area (Å²) in [4.78, 5) is 4.34. The smallest absolute Gasteiger partial charge is 0.201 e. The summed E-state index contributed by atoms with van der Waals surface area (Å²) < 4.78 is 15.5. The number of halogens is 1. The summed E-state index contributed by atoms with van der Waals surface area (Å²) in [6.07, 6.45) is 7.53. The molecule has 3 nitrogen and oxygen atoms in total. The van der Waals surface area contributed by atoms with E-state index in [0.717, 1.165) is 11.9 Å². The molecular formula is C16H22FN3. The van der Waals surface area contributed by atoms with Gasteiger partial charge in [0.05, 0.1) is 11.0 Å². The predicted octanol–water partition coefficient (Wildman–Crippen LogP) is 4.29. The van der Waals surface area contributed by atoms with Gasteiger partial charge in [-0.3, -0.25) is 0 Å². The Hall–Kier alpha value is -1.58. The fraction of sp³-hybridized carbons (Fsp3) is 0.562. The number of hydrogen-bond acceptors (Lipinski definition) is 2. The van der Waals surface area contributed by atoms with E-state index in [0.29, 0.717) is 23.4 Å². The summed E-state index contributed by atoms with van der Waals surface area (Å²) in [7, 11) is 0. The van der Waals surface area contributed by atoms with E-state index in [4.69, 9.17) is 5.73 Å². The van der Waals surface area contributed by atoms with Crippen molar-refractivity contribution in [2.24, 2.45) is 5.92 Å². The molecule has 20 heavy (non-hydrogen) atoms. The lowest BCUT2D eigenvalue weighted by Crippen LogP contribution is -2.22. The van der Waals surface area contributed by atoms with Gasteiger partial charge < -0.3 is 10.3 Å². The first-order valence-electron chi connectivity index (χ1n) is 7.63. The van der Waals surface area contributed by atoms with Gasteiger partial charge in [0.25, 0.3) is 0 Å². The summed E-state index contributed by atoms with van der Waals surface area (Å²) in [5.74, 6) is 0.925. The van der Waals surface area contributed by atoms with E-state index >= 15 is 0 Å². The molecule has 1 saturated carbocycles. The SMILES string of the molecule is CCC(C1CCCCC1)n1c(N)nc2cc(F)ccc21. The highest BCUT2D eigenvalue weighted by Gasteiger charge is 2.26. The zero-order valence-corrected chi connectivity index (χ0v) is 12.0. The molecule has 1 aliphatic rings. The Morgan fingerprint density at radius 1 is 1.35 bits per heavy atom. The molecule has 0 spiro atoms. The van der Waals surface area contributed by atoms with Crippen molar-refractivity contribution in [2.45, 2.75) is 51.5 Å². The fourth-order valence-corrected chi connectivity index (χ4v) is 3.68. The lowest BCUT2D eigenvalue weighted by molar-refractivity contribution is 0.249. The molecule has 2 N–H and O–H groups in total. The van der Waals surface area contributed by atoms with Crippen LogP contribution in [0.5, 0.6) is 0 Å². The molecule has 1 fully saturated rings. The first-order valence-corrected chi connectivity index (χ1v) is 7.63. The largest absolute Gasteiger partial charge is 0.369 e. The standard InChI is InChI=1S/C16H22FN3/c1-2-14(11-6-4-3-5-7-11)20-15-9-8-12(17)10-13(15)19-16(20)18/h8-11,14H,2-7H2,1H3,(H2,18,19). The number of imidazole rings is 1. The van der Waals surface area contributed by atoms with E-state index in [-0.39, 0.29) is 5.82 Å². The third-order valence-electron chi connectivity index (χ3n) is 4.62. The Labute approximate surface area is 119 Å². The number of hydrogen-bond donors (Lipinski definition) is 1. The van der Waals surface area contributed by atoms with Crippen LogP contribution in [0.15, 0.2) is 18.2 Å². The van der Waals surface area contributed by atoms with E-state index < -0.39 is 0 Å². The van der Waals surface area contributed by atoms with Crippen molar-refractivity contribution in [3.8, 4) is 0 Å². The average molecular weight is 275 g/mol. The summed E-state index contributed by atoms with van der Waals surface area (Å²) >= 11 is 0. The van der Waals surface area contributed by atoms with Gasteiger partial charge in [-0.1, -0.05) is 26.2 Å². The molecule has 108 valence electrons. The molecule has 0 radical (unpaired) electrons. The second kappa shape index (κ2) is 5.43. The first kappa shape index (κ1) is 13.4. The highest BCUT2D eigenvalue weighted by Crippen LogP contribution is 2.37. The lowest BCUT2D eigenvalue weighted by atomic mass is 9.82. The predicted molar refractivity (Wildman–Crippen MR) is 80.0 cm³/mol. The Balaban J connectivity index is 2.04. The molecule has 1 aromatic heterocycles. The fourth-order valence-electron chi connectivity index (χ4n) is 3.68. The summed E-state index contributed by atoms with van der Waals surface area (Å²) in [6, 6.07) is 5.15. The number of nitrogens with zero attached hydrogens (tertiary/aromatic N) is 2. The van der Waals surface area contributed by atoms with Crippen molar-refractivity contribution in [3.05, 3.63) is 24.0 Å². The van der Waals surface area contributed by atoms with Gasteiger partial charge >= 0.3 is 0 Å². The van der Waals surface area contributed by atoms with E-state index in [1.54, 1.807) is 6.07 Å². The van der Waals surface area contributed by atoms with Crippen LogP contribution < -0.4 is 5.73 Å². The molecule has 1 aromatic carbocycles. The minimum atomic E-state index is -0.257. The number of anilines is 1. The molecule has 1 heterocycles. The van der Waals surface area contributed by atoms with Gasteiger partial charge in [0.1, 0.15) is 5.82 Å². The van der Waals surface area contributed by atoms with Crippen molar-refractivity contribution in [1.82, 2.24) is 9.55 Å². The van der Waals surface area contributed by atoms with Crippen LogP contribution in [0.25, 0.3) is 11.0 Å². The van der Waals surface area contributed by atoms with Gasteiger partial charge in [-0.05, 0) is 37.3 Å². The van der Waals surface area contributed by atoms with Crippen LogP contribution in [0.3, 0.4) is 0 Å². The van der Waals surface area contributed by atoms with Gasteiger partial charge in [-0.25, -0.2) is 9.37 Å². The molecule has 2 aromatic rings. The highest BCUT2D eigenvalue weighted by atomic mass is 19.1. The number of rotatable bonds is 3. The maximum atomic E-state index is 13.3. The quantitative estimate of drug-likeness (QED) is 0.908. The number of nitrogens with two attached hydrogens (primary N) is 1. The Bertz CT molecular complexity index is 599. The van der Waals surface area contributed by atoms with Crippen LogP contribution in [0, 0.1) is 11.7 Å². The Morgan fingerprint density at radius 3 is 2.80 bits per heavy atom. The molecule has 0 saturated heterocycles. The summed E-state index contributed by atoms with van der Waals surface area (Å²) in [5.41, 5.74) is 7.74. The van der Waals surface area contributed by atoms with Crippen LogP contribution >= 0.6 is 0 Å². The van der Waals surface area contributed by atoms with Gasteiger partial charge in [-0.2, -0.15) is 0 Å². The molecule has 1 atom stereocenters. The van der Waals surface area contributed by atoms with Crippen LogP contribution in [0.2, 0.25) is 0 Å². The van der Waals surface area contributed by atoms with Crippen LogP contribution in [0.1, 0.15) is 51.5 Å². The third kappa shape index (κ3) is 2.28. The monoisotopic (exact) mass is 275 g/mol. The summed E-state index contributed by atoms with van der Waals surface area (Å²) in [6.45, 7) is 2.20. The van der Waals surface area contributed by atoms with Crippen molar-refractivity contribution in [3.63, 3.8) is 0 Å². The molecule has 4 heteroatoms. The first-order chi connectivity index (χ1) is 9.70. The molecule has 0 aliphatic heterocycles. The minimum Gasteiger partial charge on any atom is -0.369 e. The van der Waals surface area contributed by atoms with Gasteiger partial charge in [0, 0.05) is 12.1 Å². The number of benzene rings is 1. The van der Waals surface area contributed by atoms with E-state index in [9.17, 15) is 4.39 Å². The lowest BCUT2D eigenvalue weighted by Gasteiger charge is -2.31. The molecule has 1 aliphatic carbocycles. The molecule has 3 rings (SSSR count). The van der Waals surface area contributed by atoms with Crippen molar-refractivity contribution >= 4 is 17.0 Å². The van der Waals surface area contributed by atoms with Crippen molar-refractivity contribution in [2.75, 3.05) is 5.73 Å². The van der Waals surface area contributed by atoms with Crippen LogP contribution in [-0.4, -0.2) is 9.55 Å². The summed E-state index contributed by atoms with van der Waals surface area (Å²) in [5, 5.41) is 0. The number of aromatic nitrogens is 2. The maximum Gasteiger partial charge on any atom is 0.201 e. The molecular weight excluding hydrogens is 253 g/mol.